The second-order valence-electron chi connectivity index (χ2n) is 4.06. The van der Waals surface area contributed by atoms with Gasteiger partial charge in [-0.15, -0.1) is 0 Å². The summed E-state index contributed by atoms with van der Waals surface area (Å²) in [5.74, 6) is 0.614. The molecule has 0 saturated heterocycles. The Morgan fingerprint density at radius 2 is 2.23 bits per heavy atom. The molecule has 76 valence electrons. The number of hydrogen-bond acceptors (Lipinski definition) is 2. The summed E-state index contributed by atoms with van der Waals surface area (Å²) in [4.78, 5) is 13.1. The van der Waals surface area contributed by atoms with Crippen molar-refractivity contribution in [1.82, 2.24) is 4.90 Å². The zero-order valence-corrected chi connectivity index (χ0v) is 8.62. The Labute approximate surface area is 80.3 Å². The molecule has 1 rings (SSSR count). The van der Waals surface area contributed by atoms with Crippen LogP contribution in [0.25, 0.3) is 0 Å². The SMILES string of the molecule is CCC(C(N)=O)N(C)CC1CCC1. The van der Waals surface area contributed by atoms with E-state index in [4.69, 9.17) is 5.73 Å². The average molecular weight is 184 g/mol. The lowest BCUT2D eigenvalue weighted by atomic mass is 9.85. The van der Waals surface area contributed by atoms with Crippen molar-refractivity contribution in [2.75, 3.05) is 13.6 Å². The van der Waals surface area contributed by atoms with E-state index in [2.05, 4.69) is 4.90 Å². The Morgan fingerprint density at radius 3 is 2.54 bits per heavy atom. The molecule has 0 aliphatic heterocycles. The number of rotatable bonds is 5. The standard InChI is InChI=1S/C10H20N2O/c1-3-9(10(11)13)12(2)7-8-5-4-6-8/h8-9H,3-7H2,1-2H3,(H2,11,13). The first-order valence-electron chi connectivity index (χ1n) is 5.14. The van der Waals surface area contributed by atoms with E-state index in [1.165, 1.54) is 19.3 Å². The predicted molar refractivity (Wildman–Crippen MR) is 53.2 cm³/mol. The number of primary amides is 1. The van der Waals surface area contributed by atoms with Crippen LogP contribution >= 0.6 is 0 Å². The van der Waals surface area contributed by atoms with E-state index in [1.54, 1.807) is 0 Å². The van der Waals surface area contributed by atoms with E-state index in [-0.39, 0.29) is 11.9 Å². The van der Waals surface area contributed by atoms with Crippen LogP contribution in [0.2, 0.25) is 0 Å². The van der Waals surface area contributed by atoms with Gasteiger partial charge in [0.05, 0.1) is 6.04 Å². The van der Waals surface area contributed by atoms with Crippen molar-refractivity contribution in [1.29, 1.82) is 0 Å². The van der Waals surface area contributed by atoms with Gasteiger partial charge < -0.3 is 5.73 Å². The lowest BCUT2D eigenvalue weighted by molar-refractivity contribution is -0.123. The maximum atomic E-state index is 11.0. The molecule has 2 N–H and O–H groups in total. The monoisotopic (exact) mass is 184 g/mol. The van der Waals surface area contributed by atoms with Crippen LogP contribution in [0.15, 0.2) is 0 Å². The van der Waals surface area contributed by atoms with E-state index in [1.807, 2.05) is 14.0 Å². The van der Waals surface area contributed by atoms with Crippen molar-refractivity contribution in [2.45, 2.75) is 38.6 Å². The summed E-state index contributed by atoms with van der Waals surface area (Å²) < 4.78 is 0. The quantitative estimate of drug-likeness (QED) is 0.692. The summed E-state index contributed by atoms with van der Waals surface area (Å²) in [7, 11) is 2.00. The number of likely N-dealkylation sites (N-methyl/N-ethyl adjacent to an activating group) is 1. The van der Waals surface area contributed by atoms with Gasteiger partial charge in [0, 0.05) is 6.54 Å². The third-order valence-electron chi connectivity index (χ3n) is 3.02. The van der Waals surface area contributed by atoms with Crippen LogP contribution in [0, 0.1) is 5.92 Å². The minimum absolute atomic E-state index is 0.0689. The first-order valence-corrected chi connectivity index (χ1v) is 5.14. The van der Waals surface area contributed by atoms with Gasteiger partial charge in [0.1, 0.15) is 0 Å². The molecule has 1 saturated carbocycles. The molecule has 1 fully saturated rings. The zero-order valence-electron chi connectivity index (χ0n) is 8.62. The highest BCUT2D eigenvalue weighted by Gasteiger charge is 2.24. The van der Waals surface area contributed by atoms with Gasteiger partial charge in [0.25, 0.3) is 0 Å². The average Bonchev–Trinajstić information content (AvgIpc) is 1.97. The van der Waals surface area contributed by atoms with Crippen LogP contribution in [0.4, 0.5) is 0 Å². The fraction of sp³-hybridized carbons (Fsp3) is 0.900. The van der Waals surface area contributed by atoms with Crippen molar-refractivity contribution < 1.29 is 4.79 Å². The van der Waals surface area contributed by atoms with Gasteiger partial charge in [0.2, 0.25) is 5.91 Å². The fourth-order valence-electron chi connectivity index (χ4n) is 1.94. The number of nitrogens with zero attached hydrogens (tertiary/aromatic N) is 1. The predicted octanol–water partition coefficient (Wildman–Crippen LogP) is 0.982. The summed E-state index contributed by atoms with van der Waals surface area (Å²) in [6.45, 7) is 3.04. The molecule has 1 aliphatic rings. The molecule has 0 aromatic rings. The highest BCUT2D eigenvalue weighted by Crippen LogP contribution is 2.27. The van der Waals surface area contributed by atoms with Gasteiger partial charge >= 0.3 is 0 Å². The molecule has 13 heavy (non-hydrogen) atoms. The number of carbonyl (C=O) groups excluding carboxylic acids is 1. The van der Waals surface area contributed by atoms with Crippen molar-refractivity contribution in [3.05, 3.63) is 0 Å². The summed E-state index contributed by atoms with van der Waals surface area (Å²) in [5.41, 5.74) is 5.30. The van der Waals surface area contributed by atoms with Crippen LogP contribution in [-0.2, 0) is 4.79 Å². The first-order chi connectivity index (χ1) is 6.15. The Bertz CT molecular complexity index is 178. The Morgan fingerprint density at radius 1 is 1.62 bits per heavy atom. The number of nitrogens with two attached hydrogens (primary N) is 1. The molecule has 3 heteroatoms. The molecule has 0 bridgehead atoms. The molecule has 1 unspecified atom stereocenters. The van der Waals surface area contributed by atoms with Crippen LogP contribution in [0.3, 0.4) is 0 Å². The smallest absolute Gasteiger partial charge is 0.234 e. The normalized spacial score (nSPS) is 19.9. The minimum Gasteiger partial charge on any atom is -0.368 e. The molecule has 0 aromatic carbocycles. The molecule has 3 nitrogen and oxygen atoms in total. The third-order valence-corrected chi connectivity index (χ3v) is 3.02. The molecule has 0 aromatic heterocycles. The number of hydrogen-bond donors (Lipinski definition) is 1. The summed E-state index contributed by atoms with van der Waals surface area (Å²) >= 11 is 0. The molecule has 1 amide bonds. The van der Waals surface area contributed by atoms with E-state index >= 15 is 0 Å². The van der Waals surface area contributed by atoms with Gasteiger partial charge in [-0.3, -0.25) is 9.69 Å². The highest BCUT2D eigenvalue weighted by molar-refractivity contribution is 5.79. The second-order valence-corrected chi connectivity index (χ2v) is 4.06. The Kier molecular flexibility index (Phi) is 3.72. The first kappa shape index (κ1) is 10.5. The summed E-state index contributed by atoms with van der Waals surface area (Å²) in [6, 6.07) is -0.0689. The van der Waals surface area contributed by atoms with Gasteiger partial charge in [0.15, 0.2) is 0 Å². The lowest BCUT2D eigenvalue weighted by Crippen LogP contribution is -2.44. The van der Waals surface area contributed by atoms with E-state index < -0.39 is 0 Å². The molecule has 0 heterocycles. The summed E-state index contributed by atoms with van der Waals surface area (Å²) in [5, 5.41) is 0. The zero-order chi connectivity index (χ0) is 9.84. The van der Waals surface area contributed by atoms with E-state index in [0.717, 1.165) is 18.9 Å². The number of amides is 1. The van der Waals surface area contributed by atoms with Crippen LogP contribution in [0.5, 0.6) is 0 Å². The second kappa shape index (κ2) is 4.61. The molecule has 0 spiro atoms. The van der Waals surface area contributed by atoms with Crippen LogP contribution < -0.4 is 5.73 Å². The maximum absolute atomic E-state index is 11.0. The van der Waals surface area contributed by atoms with Crippen molar-refractivity contribution in [3.8, 4) is 0 Å². The van der Waals surface area contributed by atoms with Crippen LogP contribution in [-0.4, -0.2) is 30.4 Å². The Hall–Kier alpha value is -0.570. The van der Waals surface area contributed by atoms with Gasteiger partial charge in [-0.2, -0.15) is 0 Å². The molecular formula is C10H20N2O. The van der Waals surface area contributed by atoms with E-state index in [0.29, 0.717) is 0 Å². The van der Waals surface area contributed by atoms with Crippen LogP contribution in [0.1, 0.15) is 32.6 Å². The van der Waals surface area contributed by atoms with Crippen molar-refractivity contribution in [3.63, 3.8) is 0 Å². The minimum atomic E-state index is -0.190. The van der Waals surface area contributed by atoms with Crippen molar-refractivity contribution in [2.24, 2.45) is 11.7 Å². The maximum Gasteiger partial charge on any atom is 0.234 e. The molecular weight excluding hydrogens is 164 g/mol. The third kappa shape index (κ3) is 2.69. The highest BCUT2D eigenvalue weighted by atomic mass is 16.1. The van der Waals surface area contributed by atoms with Crippen molar-refractivity contribution >= 4 is 5.91 Å². The largest absolute Gasteiger partial charge is 0.368 e. The van der Waals surface area contributed by atoms with E-state index in [9.17, 15) is 4.79 Å². The molecule has 0 radical (unpaired) electrons. The lowest BCUT2D eigenvalue weighted by Gasteiger charge is -2.33. The topological polar surface area (TPSA) is 46.3 Å². The van der Waals surface area contributed by atoms with Gasteiger partial charge in [-0.05, 0) is 32.2 Å². The Balaban J connectivity index is 2.33. The van der Waals surface area contributed by atoms with Gasteiger partial charge in [-0.25, -0.2) is 0 Å². The van der Waals surface area contributed by atoms with Gasteiger partial charge in [-0.1, -0.05) is 13.3 Å². The summed E-state index contributed by atoms with van der Waals surface area (Å²) in [6.07, 6.45) is 4.81. The molecule has 1 atom stereocenters. The molecule has 1 aliphatic carbocycles. The fourth-order valence-corrected chi connectivity index (χ4v) is 1.94. The number of carbonyl (C=O) groups is 1.